The van der Waals surface area contributed by atoms with Crippen LogP contribution in [0.2, 0.25) is 5.02 Å². The Hall–Kier alpha value is -3.53. The summed E-state index contributed by atoms with van der Waals surface area (Å²) >= 11 is 5.97. The molecule has 7 nitrogen and oxygen atoms in total. The van der Waals surface area contributed by atoms with Gasteiger partial charge in [0.2, 0.25) is 0 Å². The fourth-order valence-electron chi connectivity index (χ4n) is 4.83. The summed E-state index contributed by atoms with van der Waals surface area (Å²) in [6, 6.07) is 9.51. The number of carbonyl (C=O) groups excluding carboxylic acids is 2. The first-order valence-electron chi connectivity index (χ1n) is 12.5. The highest BCUT2D eigenvalue weighted by molar-refractivity contribution is 6.30. The van der Waals surface area contributed by atoms with E-state index in [-0.39, 0.29) is 30.0 Å². The van der Waals surface area contributed by atoms with Crippen LogP contribution in [-0.2, 0) is 22.9 Å². The minimum absolute atomic E-state index is 0.132. The van der Waals surface area contributed by atoms with E-state index in [2.05, 4.69) is 0 Å². The van der Waals surface area contributed by atoms with Crippen molar-refractivity contribution in [2.24, 2.45) is 0 Å². The number of carbonyl (C=O) groups is 2. The van der Waals surface area contributed by atoms with E-state index in [1.54, 1.807) is 38.2 Å². The van der Waals surface area contributed by atoms with Gasteiger partial charge in [-0.1, -0.05) is 37.1 Å². The third-order valence-corrected chi connectivity index (χ3v) is 7.32. The predicted octanol–water partition coefficient (Wildman–Crippen LogP) is 6.39. The molecule has 0 saturated carbocycles. The maximum atomic E-state index is 13.5. The zero-order valence-electron chi connectivity index (χ0n) is 21.7. The van der Waals surface area contributed by atoms with Gasteiger partial charge in [0.05, 0.1) is 12.2 Å². The van der Waals surface area contributed by atoms with Gasteiger partial charge in [-0.2, -0.15) is 13.2 Å². The lowest BCUT2D eigenvalue weighted by Gasteiger charge is -2.28. The second-order valence-corrected chi connectivity index (χ2v) is 10.0. The SMILES string of the molecule is CCCc1c(OCCCCN2C(=O)N(C)C(C)(c3ccc(Cl)cc3)C2=O)ccc2c(C(F)(F)F)cc(=O)oc12. The monoisotopic (exact) mass is 564 g/mol. The fourth-order valence-corrected chi connectivity index (χ4v) is 4.95. The van der Waals surface area contributed by atoms with Crippen LogP contribution in [0, 0.1) is 0 Å². The summed E-state index contributed by atoms with van der Waals surface area (Å²) in [5.74, 6) is -0.0105. The predicted molar refractivity (Wildman–Crippen MR) is 140 cm³/mol. The summed E-state index contributed by atoms with van der Waals surface area (Å²) in [5.41, 5.74) is -2.38. The van der Waals surface area contributed by atoms with Gasteiger partial charge in [-0.3, -0.25) is 9.69 Å². The number of hydrogen-bond acceptors (Lipinski definition) is 5. The molecule has 3 aromatic rings. The van der Waals surface area contributed by atoms with E-state index in [0.717, 1.165) is 0 Å². The smallest absolute Gasteiger partial charge is 0.417 e. The Kier molecular flexibility index (Phi) is 7.97. The summed E-state index contributed by atoms with van der Waals surface area (Å²) in [4.78, 5) is 40.7. The van der Waals surface area contributed by atoms with E-state index < -0.39 is 28.9 Å². The molecule has 1 aromatic heterocycles. The number of aryl methyl sites for hydroxylation is 1. The lowest BCUT2D eigenvalue weighted by Crippen LogP contribution is -2.42. The van der Waals surface area contributed by atoms with E-state index in [1.165, 1.54) is 21.9 Å². The molecule has 0 spiro atoms. The Bertz CT molecular complexity index is 1450. The van der Waals surface area contributed by atoms with Gasteiger partial charge in [-0.05, 0) is 56.0 Å². The van der Waals surface area contributed by atoms with Crippen molar-refractivity contribution in [3.63, 3.8) is 0 Å². The largest absolute Gasteiger partial charge is 0.493 e. The number of rotatable bonds is 9. The Morgan fingerprint density at radius 1 is 1.05 bits per heavy atom. The molecule has 1 saturated heterocycles. The van der Waals surface area contributed by atoms with E-state index in [0.29, 0.717) is 53.6 Å². The van der Waals surface area contributed by atoms with E-state index >= 15 is 0 Å². The highest BCUT2D eigenvalue weighted by Gasteiger charge is 2.53. The molecule has 2 heterocycles. The molecule has 3 amide bonds. The molecule has 0 bridgehead atoms. The number of benzene rings is 2. The van der Waals surface area contributed by atoms with E-state index in [1.807, 2.05) is 6.92 Å². The second-order valence-electron chi connectivity index (χ2n) is 9.58. The average Bonchev–Trinajstić information content (AvgIpc) is 3.05. The zero-order valence-corrected chi connectivity index (χ0v) is 22.5. The van der Waals surface area contributed by atoms with Gasteiger partial charge in [-0.15, -0.1) is 0 Å². The fraction of sp³-hybridized carbons (Fsp3) is 0.393. The maximum Gasteiger partial charge on any atom is 0.417 e. The van der Waals surface area contributed by atoms with Gasteiger partial charge in [-0.25, -0.2) is 9.59 Å². The van der Waals surface area contributed by atoms with Crippen molar-refractivity contribution < 1.29 is 31.9 Å². The van der Waals surface area contributed by atoms with Crippen LogP contribution in [0.25, 0.3) is 11.0 Å². The number of alkyl halides is 3. The number of urea groups is 1. The van der Waals surface area contributed by atoms with Crippen LogP contribution in [-0.4, -0.2) is 41.9 Å². The molecule has 4 rings (SSSR count). The number of imide groups is 1. The van der Waals surface area contributed by atoms with Crippen LogP contribution >= 0.6 is 11.6 Å². The lowest BCUT2D eigenvalue weighted by atomic mass is 9.91. The van der Waals surface area contributed by atoms with Crippen molar-refractivity contribution in [1.29, 1.82) is 0 Å². The number of ether oxygens (including phenoxy) is 1. The Morgan fingerprint density at radius 2 is 1.74 bits per heavy atom. The number of hydrogen-bond donors (Lipinski definition) is 0. The van der Waals surface area contributed by atoms with Crippen LogP contribution in [0.1, 0.15) is 49.8 Å². The summed E-state index contributed by atoms with van der Waals surface area (Å²) in [6.45, 7) is 3.91. The lowest BCUT2D eigenvalue weighted by molar-refractivity contribution is -0.136. The number of amides is 3. The van der Waals surface area contributed by atoms with Crippen molar-refractivity contribution >= 4 is 34.5 Å². The Labute approximate surface area is 228 Å². The molecule has 1 fully saturated rings. The quantitative estimate of drug-likeness (QED) is 0.171. The zero-order chi connectivity index (χ0) is 28.5. The number of fused-ring (bicyclic) bond motifs is 1. The van der Waals surface area contributed by atoms with Crippen molar-refractivity contribution in [2.45, 2.75) is 51.2 Å². The van der Waals surface area contributed by atoms with Gasteiger partial charge in [0, 0.05) is 35.6 Å². The van der Waals surface area contributed by atoms with Gasteiger partial charge in [0.1, 0.15) is 16.9 Å². The minimum Gasteiger partial charge on any atom is -0.493 e. The Balaban J connectivity index is 1.44. The van der Waals surface area contributed by atoms with Crippen LogP contribution in [0.15, 0.2) is 51.7 Å². The molecular weight excluding hydrogens is 537 g/mol. The van der Waals surface area contributed by atoms with Crippen molar-refractivity contribution in [1.82, 2.24) is 9.80 Å². The molecule has 1 unspecified atom stereocenters. The van der Waals surface area contributed by atoms with Crippen LogP contribution < -0.4 is 10.4 Å². The second kappa shape index (κ2) is 10.9. The molecule has 1 aliphatic heterocycles. The molecule has 2 aromatic carbocycles. The van der Waals surface area contributed by atoms with Crippen molar-refractivity contribution in [3.05, 3.63) is 74.6 Å². The third-order valence-electron chi connectivity index (χ3n) is 7.07. The molecule has 0 aliphatic carbocycles. The third kappa shape index (κ3) is 5.34. The average molecular weight is 565 g/mol. The van der Waals surface area contributed by atoms with Crippen LogP contribution in [0.3, 0.4) is 0 Å². The molecule has 0 N–H and O–H groups in total. The highest BCUT2D eigenvalue weighted by Crippen LogP contribution is 2.38. The minimum atomic E-state index is -4.71. The molecule has 39 heavy (non-hydrogen) atoms. The topological polar surface area (TPSA) is 80.1 Å². The Morgan fingerprint density at radius 3 is 2.38 bits per heavy atom. The molecule has 208 valence electrons. The van der Waals surface area contributed by atoms with Gasteiger partial charge in [0.15, 0.2) is 0 Å². The van der Waals surface area contributed by atoms with Gasteiger partial charge < -0.3 is 14.1 Å². The van der Waals surface area contributed by atoms with Crippen LogP contribution in [0.4, 0.5) is 18.0 Å². The first-order chi connectivity index (χ1) is 18.4. The van der Waals surface area contributed by atoms with Crippen molar-refractivity contribution in [2.75, 3.05) is 20.2 Å². The van der Waals surface area contributed by atoms with Crippen LogP contribution in [0.5, 0.6) is 5.75 Å². The number of likely N-dealkylation sites (N-methyl/N-ethyl adjacent to an activating group) is 1. The number of halogens is 4. The molecule has 11 heteroatoms. The maximum absolute atomic E-state index is 13.5. The first-order valence-corrected chi connectivity index (χ1v) is 12.9. The molecule has 1 atom stereocenters. The summed E-state index contributed by atoms with van der Waals surface area (Å²) in [6.07, 6.45) is -2.85. The normalized spacial score (nSPS) is 17.9. The number of unbranched alkanes of at least 4 members (excludes halogenated alkanes) is 1. The van der Waals surface area contributed by atoms with E-state index in [9.17, 15) is 27.6 Å². The highest BCUT2D eigenvalue weighted by atomic mass is 35.5. The summed E-state index contributed by atoms with van der Waals surface area (Å²) in [7, 11) is 1.58. The van der Waals surface area contributed by atoms with Gasteiger partial charge in [0.25, 0.3) is 5.91 Å². The molecule has 0 radical (unpaired) electrons. The van der Waals surface area contributed by atoms with Crippen molar-refractivity contribution in [3.8, 4) is 5.75 Å². The summed E-state index contributed by atoms with van der Waals surface area (Å²) in [5, 5.41) is 0.326. The number of nitrogens with zero attached hydrogens (tertiary/aromatic N) is 2. The first kappa shape index (κ1) is 28.5. The molecular formula is C28H28ClF3N2O5. The van der Waals surface area contributed by atoms with E-state index in [4.69, 9.17) is 20.8 Å². The standard InChI is InChI=1S/C28H28ClF3N2O5/c1-4-7-20-22(13-12-19-21(28(30,31)32)16-23(35)39-24(19)20)38-15-6-5-14-34-25(36)27(2,33(3)26(34)37)17-8-10-18(29)11-9-17/h8-13,16H,4-7,14-15H2,1-3H3. The molecule has 1 aliphatic rings. The summed E-state index contributed by atoms with van der Waals surface area (Å²) < 4.78 is 51.6. The van der Waals surface area contributed by atoms with Gasteiger partial charge >= 0.3 is 17.8 Å².